The Balaban J connectivity index is 1.83. The number of imide groups is 1. The van der Waals surface area contributed by atoms with Crippen LogP contribution in [0.1, 0.15) is 11.1 Å². The second-order valence-corrected chi connectivity index (χ2v) is 6.65. The van der Waals surface area contributed by atoms with Gasteiger partial charge >= 0.3 is 0 Å². The summed E-state index contributed by atoms with van der Waals surface area (Å²) in [5.41, 5.74) is 2.39. The van der Waals surface area contributed by atoms with Crippen LogP contribution in [-0.4, -0.2) is 11.8 Å². The summed E-state index contributed by atoms with van der Waals surface area (Å²) in [7, 11) is 0. The Morgan fingerprint density at radius 2 is 1.48 bits per heavy atom. The molecule has 0 aromatic heterocycles. The van der Waals surface area contributed by atoms with Crippen LogP contribution in [0.2, 0.25) is 0 Å². The van der Waals surface area contributed by atoms with Crippen molar-refractivity contribution < 1.29 is 18.4 Å². The molecule has 0 saturated heterocycles. The van der Waals surface area contributed by atoms with Crippen molar-refractivity contribution in [2.45, 2.75) is 6.92 Å². The SMILES string of the molecule is Cc1ccc(C2=C(Nc3ccccc3)C(=O)N(c3ccc(F)c(F)c3)C2=O)cc1. The number of aryl methyl sites for hydroxylation is 1. The molecule has 0 aliphatic carbocycles. The smallest absolute Gasteiger partial charge is 0.282 e. The summed E-state index contributed by atoms with van der Waals surface area (Å²) in [6.45, 7) is 1.91. The van der Waals surface area contributed by atoms with Gasteiger partial charge in [0.25, 0.3) is 11.8 Å². The summed E-state index contributed by atoms with van der Waals surface area (Å²) in [4.78, 5) is 27.2. The molecule has 1 heterocycles. The molecular weight excluding hydrogens is 374 g/mol. The van der Waals surface area contributed by atoms with E-state index in [0.29, 0.717) is 11.3 Å². The molecule has 0 fully saturated rings. The molecule has 144 valence electrons. The summed E-state index contributed by atoms with van der Waals surface area (Å²) in [6.07, 6.45) is 0. The van der Waals surface area contributed by atoms with Crippen molar-refractivity contribution >= 4 is 28.8 Å². The highest BCUT2D eigenvalue weighted by molar-refractivity contribution is 6.46. The van der Waals surface area contributed by atoms with Gasteiger partial charge in [-0.2, -0.15) is 0 Å². The number of hydrogen-bond donors (Lipinski definition) is 1. The molecule has 0 bridgehead atoms. The third-order valence-electron chi connectivity index (χ3n) is 4.63. The number of anilines is 2. The fraction of sp³-hybridized carbons (Fsp3) is 0.0435. The zero-order valence-electron chi connectivity index (χ0n) is 15.4. The number of carbonyl (C=O) groups is 2. The normalized spacial score (nSPS) is 14.0. The largest absolute Gasteiger partial charge is 0.350 e. The second-order valence-electron chi connectivity index (χ2n) is 6.65. The molecule has 1 aliphatic rings. The van der Waals surface area contributed by atoms with Gasteiger partial charge in [-0.1, -0.05) is 48.0 Å². The first kappa shape index (κ1) is 18.6. The molecule has 1 N–H and O–H groups in total. The van der Waals surface area contributed by atoms with Gasteiger partial charge in [0, 0.05) is 11.8 Å². The van der Waals surface area contributed by atoms with Crippen LogP contribution < -0.4 is 10.2 Å². The molecule has 1 aliphatic heterocycles. The lowest BCUT2D eigenvalue weighted by Crippen LogP contribution is -2.32. The molecule has 3 aromatic carbocycles. The zero-order valence-corrected chi connectivity index (χ0v) is 15.4. The minimum Gasteiger partial charge on any atom is -0.350 e. The average molecular weight is 390 g/mol. The van der Waals surface area contributed by atoms with E-state index in [2.05, 4.69) is 5.32 Å². The molecule has 0 saturated carbocycles. The Kier molecular flexibility index (Phi) is 4.68. The lowest BCUT2D eigenvalue weighted by atomic mass is 10.0. The topological polar surface area (TPSA) is 49.4 Å². The first-order valence-electron chi connectivity index (χ1n) is 8.93. The molecule has 6 heteroatoms. The number of rotatable bonds is 4. The van der Waals surface area contributed by atoms with Gasteiger partial charge in [-0.3, -0.25) is 9.59 Å². The standard InChI is InChI=1S/C23H16F2N2O2/c1-14-7-9-15(10-8-14)20-21(26-16-5-3-2-4-6-16)23(29)27(22(20)28)17-11-12-18(24)19(25)13-17/h2-13,26H,1H3. The molecule has 2 amide bonds. The van der Waals surface area contributed by atoms with Crippen LogP contribution in [0.25, 0.3) is 5.57 Å². The molecule has 0 radical (unpaired) electrons. The Bertz CT molecular complexity index is 1140. The zero-order chi connectivity index (χ0) is 20.5. The van der Waals surface area contributed by atoms with E-state index in [0.717, 1.165) is 22.6 Å². The number of amides is 2. The average Bonchev–Trinajstić information content (AvgIpc) is 2.95. The summed E-state index contributed by atoms with van der Waals surface area (Å²) < 4.78 is 27.1. The van der Waals surface area contributed by atoms with Gasteiger partial charge in [-0.15, -0.1) is 0 Å². The second kappa shape index (κ2) is 7.31. The van der Waals surface area contributed by atoms with Gasteiger partial charge in [-0.05, 0) is 36.8 Å². The summed E-state index contributed by atoms with van der Waals surface area (Å²) in [6, 6.07) is 19.0. The number of para-hydroxylation sites is 1. The predicted octanol–water partition coefficient (Wildman–Crippen LogP) is 4.67. The number of benzene rings is 3. The maximum Gasteiger partial charge on any atom is 0.282 e. The van der Waals surface area contributed by atoms with Crippen molar-refractivity contribution in [3.05, 3.63) is 101 Å². The van der Waals surface area contributed by atoms with Gasteiger partial charge in [-0.25, -0.2) is 13.7 Å². The van der Waals surface area contributed by atoms with E-state index in [1.54, 1.807) is 36.4 Å². The fourth-order valence-electron chi connectivity index (χ4n) is 3.16. The molecule has 4 rings (SSSR count). The Morgan fingerprint density at radius 3 is 2.14 bits per heavy atom. The van der Waals surface area contributed by atoms with Crippen molar-refractivity contribution in [1.82, 2.24) is 0 Å². The van der Waals surface area contributed by atoms with Crippen molar-refractivity contribution in [3.63, 3.8) is 0 Å². The fourth-order valence-corrected chi connectivity index (χ4v) is 3.16. The highest BCUT2D eigenvalue weighted by Gasteiger charge is 2.40. The Labute approximate surface area is 166 Å². The van der Waals surface area contributed by atoms with Gasteiger partial charge in [0.2, 0.25) is 0 Å². The van der Waals surface area contributed by atoms with Gasteiger partial charge in [0.1, 0.15) is 5.70 Å². The van der Waals surface area contributed by atoms with E-state index in [4.69, 9.17) is 0 Å². The highest BCUT2D eigenvalue weighted by atomic mass is 19.2. The number of carbonyl (C=O) groups excluding carboxylic acids is 2. The third-order valence-corrected chi connectivity index (χ3v) is 4.63. The molecule has 0 atom stereocenters. The van der Waals surface area contributed by atoms with E-state index in [-0.39, 0.29) is 17.0 Å². The molecule has 3 aromatic rings. The van der Waals surface area contributed by atoms with Crippen LogP contribution in [-0.2, 0) is 9.59 Å². The Hall–Kier alpha value is -3.80. The quantitative estimate of drug-likeness (QED) is 0.659. The number of hydrogen-bond acceptors (Lipinski definition) is 3. The van der Waals surface area contributed by atoms with Crippen molar-refractivity contribution in [1.29, 1.82) is 0 Å². The van der Waals surface area contributed by atoms with Crippen LogP contribution >= 0.6 is 0 Å². The molecule has 4 nitrogen and oxygen atoms in total. The number of nitrogens with one attached hydrogen (secondary N) is 1. The van der Waals surface area contributed by atoms with Crippen LogP contribution in [0.4, 0.5) is 20.2 Å². The first-order valence-corrected chi connectivity index (χ1v) is 8.93. The summed E-state index contributed by atoms with van der Waals surface area (Å²) >= 11 is 0. The van der Waals surface area contributed by atoms with Crippen LogP contribution in [0.5, 0.6) is 0 Å². The number of nitrogens with zero attached hydrogens (tertiary/aromatic N) is 1. The minimum absolute atomic E-state index is 0.0339. The molecule has 29 heavy (non-hydrogen) atoms. The van der Waals surface area contributed by atoms with Crippen molar-refractivity contribution in [3.8, 4) is 0 Å². The molecule has 0 spiro atoms. The van der Waals surface area contributed by atoms with Gasteiger partial charge in [0.05, 0.1) is 11.3 Å². The maximum atomic E-state index is 13.7. The summed E-state index contributed by atoms with van der Waals surface area (Å²) in [5, 5.41) is 3.01. The van der Waals surface area contributed by atoms with E-state index in [1.165, 1.54) is 6.07 Å². The lowest BCUT2D eigenvalue weighted by Gasteiger charge is -2.15. The molecular formula is C23H16F2N2O2. The summed E-state index contributed by atoms with van der Waals surface area (Å²) in [5.74, 6) is -3.43. The highest BCUT2D eigenvalue weighted by Crippen LogP contribution is 2.34. The van der Waals surface area contributed by atoms with Crippen molar-refractivity contribution in [2.75, 3.05) is 10.2 Å². The van der Waals surface area contributed by atoms with E-state index >= 15 is 0 Å². The lowest BCUT2D eigenvalue weighted by molar-refractivity contribution is -0.120. The van der Waals surface area contributed by atoms with E-state index in [9.17, 15) is 18.4 Å². The minimum atomic E-state index is -1.13. The first-order chi connectivity index (χ1) is 14.0. The van der Waals surface area contributed by atoms with E-state index in [1.807, 2.05) is 25.1 Å². The number of halogens is 2. The van der Waals surface area contributed by atoms with Crippen molar-refractivity contribution in [2.24, 2.45) is 0 Å². The van der Waals surface area contributed by atoms with E-state index < -0.39 is 23.4 Å². The molecule has 0 unspecified atom stereocenters. The third kappa shape index (κ3) is 3.40. The Morgan fingerprint density at radius 1 is 0.793 bits per heavy atom. The van der Waals surface area contributed by atoms with Gasteiger partial charge < -0.3 is 5.32 Å². The maximum absolute atomic E-state index is 13.7. The van der Waals surface area contributed by atoms with Crippen LogP contribution in [0, 0.1) is 18.6 Å². The predicted molar refractivity (Wildman–Crippen MR) is 107 cm³/mol. The van der Waals surface area contributed by atoms with Crippen LogP contribution in [0.3, 0.4) is 0 Å². The van der Waals surface area contributed by atoms with Crippen LogP contribution in [0.15, 0.2) is 78.5 Å². The van der Waals surface area contributed by atoms with Gasteiger partial charge in [0.15, 0.2) is 11.6 Å². The monoisotopic (exact) mass is 390 g/mol.